The molecule has 0 bridgehead atoms. The number of hydrogen-bond donors (Lipinski definition) is 1. The number of carbonyl (C=O) groups is 1. The molecule has 0 saturated heterocycles. The molecule has 2 aromatic rings. The van der Waals surface area contributed by atoms with Crippen molar-refractivity contribution in [2.75, 3.05) is 0 Å². The van der Waals surface area contributed by atoms with Gasteiger partial charge in [-0.3, -0.25) is 0 Å². The van der Waals surface area contributed by atoms with Crippen molar-refractivity contribution in [2.24, 2.45) is 0 Å². The molecule has 0 aliphatic rings. The van der Waals surface area contributed by atoms with Crippen LogP contribution in [0.5, 0.6) is 5.75 Å². The SMILES string of the molecule is O=C([O-])c1cccc(-c2cc(Cl)ccc2O)c1.[K+]. The summed E-state index contributed by atoms with van der Waals surface area (Å²) in [6.07, 6.45) is 0. The minimum atomic E-state index is -1.26. The summed E-state index contributed by atoms with van der Waals surface area (Å²) in [4.78, 5) is 10.7. The van der Waals surface area contributed by atoms with Crippen LogP contribution >= 0.6 is 11.6 Å². The number of rotatable bonds is 2. The number of benzene rings is 2. The van der Waals surface area contributed by atoms with Crippen molar-refractivity contribution in [3.8, 4) is 16.9 Å². The third kappa shape index (κ3) is 3.57. The summed E-state index contributed by atoms with van der Waals surface area (Å²) < 4.78 is 0. The van der Waals surface area contributed by atoms with Gasteiger partial charge in [0.2, 0.25) is 0 Å². The fourth-order valence-corrected chi connectivity index (χ4v) is 1.73. The molecule has 0 radical (unpaired) electrons. The van der Waals surface area contributed by atoms with E-state index >= 15 is 0 Å². The van der Waals surface area contributed by atoms with Gasteiger partial charge in [-0.1, -0.05) is 29.8 Å². The summed E-state index contributed by atoms with van der Waals surface area (Å²) in [5.41, 5.74) is 1.12. The Morgan fingerprint density at radius 2 is 1.89 bits per heavy atom. The molecule has 5 heteroatoms. The molecule has 86 valence electrons. The Kier molecular flexibility index (Phi) is 5.84. The first-order valence-electron chi connectivity index (χ1n) is 4.88. The van der Waals surface area contributed by atoms with E-state index in [1.54, 1.807) is 24.3 Å². The van der Waals surface area contributed by atoms with Gasteiger partial charge in [0.05, 0.1) is 5.97 Å². The molecule has 2 aromatic carbocycles. The minimum Gasteiger partial charge on any atom is -0.545 e. The molecular formula is C13H8ClKO3. The second-order valence-corrected chi connectivity index (χ2v) is 3.97. The van der Waals surface area contributed by atoms with E-state index in [1.807, 2.05) is 0 Å². The zero-order valence-electron chi connectivity index (χ0n) is 9.68. The molecule has 0 saturated carbocycles. The summed E-state index contributed by atoms with van der Waals surface area (Å²) in [5, 5.41) is 20.9. The number of aromatic hydroxyl groups is 1. The summed E-state index contributed by atoms with van der Waals surface area (Å²) in [6, 6.07) is 10.7. The van der Waals surface area contributed by atoms with Crippen LogP contribution in [0.15, 0.2) is 42.5 Å². The van der Waals surface area contributed by atoms with Crippen molar-refractivity contribution in [3.63, 3.8) is 0 Å². The summed E-state index contributed by atoms with van der Waals surface area (Å²) in [5.74, 6) is -1.21. The Bertz CT molecular complexity index is 584. The first-order chi connectivity index (χ1) is 8.08. The second-order valence-electron chi connectivity index (χ2n) is 3.53. The van der Waals surface area contributed by atoms with E-state index < -0.39 is 5.97 Å². The molecule has 0 aliphatic heterocycles. The maximum atomic E-state index is 10.7. The van der Waals surface area contributed by atoms with Gasteiger partial charge < -0.3 is 15.0 Å². The Hall–Kier alpha value is -0.364. The minimum absolute atomic E-state index is 0. The number of carboxylic acid groups (broad SMARTS) is 1. The number of carbonyl (C=O) groups excluding carboxylic acids is 1. The van der Waals surface area contributed by atoms with Gasteiger partial charge in [-0.05, 0) is 35.4 Å². The van der Waals surface area contributed by atoms with Crippen molar-refractivity contribution < 1.29 is 66.4 Å². The van der Waals surface area contributed by atoms with Crippen LogP contribution in [0.3, 0.4) is 0 Å². The summed E-state index contributed by atoms with van der Waals surface area (Å²) in [7, 11) is 0. The number of hydrogen-bond acceptors (Lipinski definition) is 3. The normalized spacial score (nSPS) is 9.61. The molecule has 18 heavy (non-hydrogen) atoms. The van der Waals surface area contributed by atoms with E-state index in [0.29, 0.717) is 16.1 Å². The molecule has 0 atom stereocenters. The maximum Gasteiger partial charge on any atom is 1.00 e. The van der Waals surface area contributed by atoms with Crippen LogP contribution < -0.4 is 56.5 Å². The first kappa shape index (κ1) is 15.7. The van der Waals surface area contributed by atoms with Crippen LogP contribution in [-0.4, -0.2) is 11.1 Å². The predicted octanol–water partition coefficient (Wildman–Crippen LogP) is -0.920. The van der Waals surface area contributed by atoms with E-state index in [9.17, 15) is 15.0 Å². The van der Waals surface area contributed by atoms with Crippen molar-refractivity contribution in [3.05, 3.63) is 53.1 Å². The molecule has 0 spiro atoms. The van der Waals surface area contributed by atoms with Crippen LogP contribution in [0.25, 0.3) is 11.1 Å². The average molecular weight is 287 g/mol. The Labute approximate surface area is 152 Å². The second kappa shape index (κ2) is 6.70. The van der Waals surface area contributed by atoms with Crippen LogP contribution in [0.1, 0.15) is 10.4 Å². The fraction of sp³-hybridized carbons (Fsp3) is 0. The van der Waals surface area contributed by atoms with Gasteiger partial charge in [0, 0.05) is 10.6 Å². The van der Waals surface area contributed by atoms with Crippen molar-refractivity contribution in [2.45, 2.75) is 0 Å². The van der Waals surface area contributed by atoms with E-state index in [2.05, 4.69) is 0 Å². The van der Waals surface area contributed by atoms with Crippen LogP contribution in [0, 0.1) is 0 Å². The van der Waals surface area contributed by atoms with E-state index in [0.717, 1.165) is 0 Å². The molecule has 3 nitrogen and oxygen atoms in total. The smallest absolute Gasteiger partial charge is 0.545 e. The molecule has 0 heterocycles. The topological polar surface area (TPSA) is 60.4 Å². The fourth-order valence-electron chi connectivity index (χ4n) is 1.55. The average Bonchev–Trinajstić information content (AvgIpc) is 2.32. The summed E-state index contributed by atoms with van der Waals surface area (Å²) in [6.45, 7) is 0. The van der Waals surface area contributed by atoms with Gasteiger partial charge in [0.15, 0.2) is 0 Å². The predicted molar refractivity (Wildman–Crippen MR) is 62.9 cm³/mol. The van der Waals surface area contributed by atoms with Crippen molar-refractivity contribution >= 4 is 17.6 Å². The molecule has 0 amide bonds. The molecular weight excluding hydrogens is 279 g/mol. The molecule has 0 fully saturated rings. The van der Waals surface area contributed by atoms with Gasteiger partial charge in [-0.2, -0.15) is 0 Å². The van der Waals surface area contributed by atoms with Crippen LogP contribution in [0.2, 0.25) is 5.02 Å². The zero-order chi connectivity index (χ0) is 12.4. The molecule has 0 unspecified atom stereocenters. The van der Waals surface area contributed by atoms with Crippen molar-refractivity contribution in [1.82, 2.24) is 0 Å². The van der Waals surface area contributed by atoms with Gasteiger partial charge in [-0.15, -0.1) is 0 Å². The quantitative estimate of drug-likeness (QED) is 0.727. The molecule has 0 aliphatic carbocycles. The van der Waals surface area contributed by atoms with E-state index in [1.165, 1.54) is 18.2 Å². The number of carboxylic acids is 1. The molecule has 0 aromatic heterocycles. The third-order valence-electron chi connectivity index (χ3n) is 2.37. The molecule has 2 rings (SSSR count). The Balaban J connectivity index is 0.00000162. The summed E-state index contributed by atoms with van der Waals surface area (Å²) >= 11 is 5.83. The number of phenols is 1. The monoisotopic (exact) mass is 286 g/mol. The van der Waals surface area contributed by atoms with Gasteiger partial charge in [0.25, 0.3) is 0 Å². The maximum absolute atomic E-state index is 10.7. The van der Waals surface area contributed by atoms with Gasteiger partial charge in [-0.25, -0.2) is 0 Å². The first-order valence-corrected chi connectivity index (χ1v) is 5.26. The molecule has 1 N–H and O–H groups in total. The number of aromatic carboxylic acids is 1. The Morgan fingerprint density at radius 1 is 1.17 bits per heavy atom. The zero-order valence-corrected chi connectivity index (χ0v) is 13.6. The van der Waals surface area contributed by atoms with Crippen LogP contribution in [0.4, 0.5) is 0 Å². The van der Waals surface area contributed by atoms with Gasteiger partial charge in [0.1, 0.15) is 5.75 Å². The Morgan fingerprint density at radius 3 is 2.56 bits per heavy atom. The number of phenolic OH excluding ortho intramolecular Hbond substituents is 1. The standard InChI is InChI=1S/C13H9ClO3.K/c14-10-4-5-12(15)11(7-10)8-2-1-3-9(6-8)13(16)17;/h1-7,15H,(H,16,17);/q;+1/p-1. The van der Waals surface area contributed by atoms with Crippen LogP contribution in [-0.2, 0) is 0 Å². The number of halogens is 1. The third-order valence-corrected chi connectivity index (χ3v) is 2.60. The van der Waals surface area contributed by atoms with E-state index in [4.69, 9.17) is 11.6 Å². The largest absolute Gasteiger partial charge is 1.00 e. The van der Waals surface area contributed by atoms with Crippen molar-refractivity contribution in [1.29, 1.82) is 0 Å². The van der Waals surface area contributed by atoms with Gasteiger partial charge >= 0.3 is 51.4 Å². The van der Waals surface area contributed by atoms with E-state index in [-0.39, 0.29) is 62.7 Å².